The van der Waals surface area contributed by atoms with Crippen LogP contribution in [0.2, 0.25) is 0 Å². The predicted molar refractivity (Wildman–Crippen MR) is 127 cm³/mol. The minimum Gasteiger partial charge on any atom is -0.489 e. The number of amides is 3. The summed E-state index contributed by atoms with van der Waals surface area (Å²) in [6, 6.07) is 20.2. The van der Waals surface area contributed by atoms with Gasteiger partial charge in [-0.15, -0.1) is 0 Å². The van der Waals surface area contributed by atoms with Crippen molar-refractivity contribution < 1.29 is 14.3 Å². The Morgan fingerprint density at radius 1 is 0.875 bits per heavy atom. The van der Waals surface area contributed by atoms with Gasteiger partial charge in [0.1, 0.15) is 12.4 Å². The molecule has 0 saturated heterocycles. The van der Waals surface area contributed by atoms with E-state index < -0.39 is 11.9 Å². The second kappa shape index (κ2) is 10.5. The number of nitrogens with one attached hydrogen (secondary N) is 3. The molecule has 3 aromatic rings. The van der Waals surface area contributed by atoms with Gasteiger partial charge in [-0.25, -0.2) is 10.2 Å². The van der Waals surface area contributed by atoms with E-state index in [0.717, 1.165) is 22.4 Å². The molecule has 3 aromatic carbocycles. The summed E-state index contributed by atoms with van der Waals surface area (Å²) < 4.78 is 6.04. The van der Waals surface area contributed by atoms with Crippen LogP contribution in [-0.2, 0) is 6.61 Å². The van der Waals surface area contributed by atoms with Crippen LogP contribution in [0.1, 0.15) is 52.4 Å². The lowest BCUT2D eigenvalue weighted by atomic mass is 10.0. The highest BCUT2D eigenvalue weighted by atomic mass is 16.5. The molecule has 0 aliphatic carbocycles. The summed E-state index contributed by atoms with van der Waals surface area (Å²) in [5, 5.41) is 2.67. The number of hydrazine groups is 1. The van der Waals surface area contributed by atoms with E-state index in [1.165, 1.54) is 5.56 Å². The smallest absolute Gasteiger partial charge is 0.337 e. The second-order valence-corrected chi connectivity index (χ2v) is 8.08. The van der Waals surface area contributed by atoms with Crippen LogP contribution in [0.25, 0.3) is 0 Å². The van der Waals surface area contributed by atoms with E-state index in [4.69, 9.17) is 4.74 Å². The molecule has 0 atom stereocenters. The molecule has 6 heteroatoms. The number of benzene rings is 3. The van der Waals surface area contributed by atoms with Gasteiger partial charge in [-0.1, -0.05) is 50.2 Å². The van der Waals surface area contributed by atoms with Crippen LogP contribution in [0.4, 0.5) is 10.5 Å². The first-order valence-electron chi connectivity index (χ1n) is 10.6. The van der Waals surface area contributed by atoms with E-state index in [9.17, 15) is 9.59 Å². The van der Waals surface area contributed by atoms with Gasteiger partial charge in [0.25, 0.3) is 5.91 Å². The largest absolute Gasteiger partial charge is 0.489 e. The van der Waals surface area contributed by atoms with Crippen LogP contribution in [0.3, 0.4) is 0 Å². The summed E-state index contributed by atoms with van der Waals surface area (Å²) in [4.78, 5) is 24.3. The first-order valence-corrected chi connectivity index (χ1v) is 10.6. The Morgan fingerprint density at radius 2 is 1.59 bits per heavy atom. The topological polar surface area (TPSA) is 79.5 Å². The van der Waals surface area contributed by atoms with E-state index in [-0.39, 0.29) is 0 Å². The fraction of sp³-hybridized carbons (Fsp3) is 0.231. The molecule has 0 aromatic heterocycles. The number of rotatable bonds is 6. The highest BCUT2D eigenvalue weighted by Gasteiger charge is 2.10. The van der Waals surface area contributed by atoms with Crippen LogP contribution in [0.5, 0.6) is 5.75 Å². The molecule has 166 valence electrons. The van der Waals surface area contributed by atoms with Crippen LogP contribution < -0.4 is 20.9 Å². The fourth-order valence-corrected chi connectivity index (χ4v) is 3.23. The van der Waals surface area contributed by atoms with Crippen molar-refractivity contribution in [2.45, 2.75) is 40.2 Å². The van der Waals surface area contributed by atoms with Gasteiger partial charge in [0.15, 0.2) is 0 Å². The van der Waals surface area contributed by atoms with E-state index in [1.807, 2.05) is 50.2 Å². The lowest BCUT2D eigenvalue weighted by Crippen LogP contribution is -2.43. The van der Waals surface area contributed by atoms with Crippen molar-refractivity contribution in [2.75, 3.05) is 5.32 Å². The molecule has 3 N–H and O–H groups in total. The Labute approximate surface area is 189 Å². The molecule has 0 bridgehead atoms. The van der Waals surface area contributed by atoms with Gasteiger partial charge in [-0.3, -0.25) is 10.2 Å². The zero-order chi connectivity index (χ0) is 23.1. The monoisotopic (exact) mass is 431 g/mol. The molecule has 0 spiro atoms. The zero-order valence-corrected chi connectivity index (χ0v) is 18.9. The van der Waals surface area contributed by atoms with Gasteiger partial charge >= 0.3 is 6.03 Å². The molecule has 32 heavy (non-hydrogen) atoms. The molecule has 6 nitrogen and oxygen atoms in total. The number of hydrogen-bond donors (Lipinski definition) is 3. The second-order valence-electron chi connectivity index (χ2n) is 8.08. The summed E-state index contributed by atoms with van der Waals surface area (Å²) in [7, 11) is 0. The molecule has 0 aliphatic heterocycles. The molecule has 0 fully saturated rings. The molecule has 0 radical (unpaired) electrons. The maximum atomic E-state index is 12.3. The molecular weight excluding hydrogens is 402 g/mol. The summed E-state index contributed by atoms with van der Waals surface area (Å²) in [5.41, 5.74) is 10.1. The van der Waals surface area contributed by atoms with Gasteiger partial charge in [-0.05, 0) is 72.4 Å². The van der Waals surface area contributed by atoms with Gasteiger partial charge in [0.2, 0.25) is 0 Å². The van der Waals surface area contributed by atoms with Crippen molar-refractivity contribution in [1.29, 1.82) is 0 Å². The summed E-state index contributed by atoms with van der Waals surface area (Å²) in [5.74, 6) is 0.843. The van der Waals surface area contributed by atoms with Gasteiger partial charge in [0, 0.05) is 11.3 Å². The first kappa shape index (κ1) is 22.9. The Morgan fingerprint density at radius 3 is 2.28 bits per heavy atom. The Bertz CT molecular complexity index is 1090. The third-order valence-corrected chi connectivity index (χ3v) is 4.97. The zero-order valence-electron chi connectivity index (χ0n) is 18.9. The van der Waals surface area contributed by atoms with Gasteiger partial charge in [-0.2, -0.15) is 0 Å². The third-order valence-electron chi connectivity index (χ3n) is 4.97. The van der Waals surface area contributed by atoms with Crippen molar-refractivity contribution in [2.24, 2.45) is 0 Å². The molecule has 0 aliphatic rings. The number of aryl methyl sites for hydroxylation is 2. The third kappa shape index (κ3) is 6.35. The number of hydrogen-bond acceptors (Lipinski definition) is 3. The minimum absolute atomic E-state index is 0.368. The summed E-state index contributed by atoms with van der Waals surface area (Å²) >= 11 is 0. The average Bonchev–Trinajstić information content (AvgIpc) is 2.76. The number of anilines is 1. The molecule has 3 amide bonds. The van der Waals surface area contributed by atoms with Crippen LogP contribution in [0.15, 0.2) is 66.7 Å². The quantitative estimate of drug-likeness (QED) is 0.453. The SMILES string of the molecule is Cc1cccc(NC(=O)NNC(=O)c2ccc(COc3cc(C)ccc3C(C)C)cc2)c1. The van der Waals surface area contributed by atoms with E-state index in [0.29, 0.717) is 23.8 Å². The number of urea groups is 1. The number of ether oxygens (including phenoxy) is 1. The molecular formula is C26H29N3O3. The highest BCUT2D eigenvalue weighted by Crippen LogP contribution is 2.28. The molecule has 0 saturated carbocycles. The van der Waals surface area contributed by atoms with Crippen molar-refractivity contribution >= 4 is 17.6 Å². The van der Waals surface area contributed by atoms with Gasteiger partial charge in [0.05, 0.1) is 0 Å². The van der Waals surface area contributed by atoms with Crippen LogP contribution >= 0.6 is 0 Å². The van der Waals surface area contributed by atoms with Crippen molar-refractivity contribution in [3.8, 4) is 5.75 Å². The Hall–Kier alpha value is -3.80. The van der Waals surface area contributed by atoms with Crippen LogP contribution in [0, 0.1) is 13.8 Å². The number of carbonyl (C=O) groups is 2. The first-order chi connectivity index (χ1) is 15.3. The van der Waals surface area contributed by atoms with Crippen molar-refractivity contribution in [1.82, 2.24) is 10.9 Å². The molecule has 0 heterocycles. The maximum absolute atomic E-state index is 12.3. The average molecular weight is 432 g/mol. The van der Waals surface area contributed by atoms with E-state index in [2.05, 4.69) is 42.1 Å². The lowest BCUT2D eigenvalue weighted by Gasteiger charge is -2.15. The summed E-state index contributed by atoms with van der Waals surface area (Å²) in [6.07, 6.45) is 0. The summed E-state index contributed by atoms with van der Waals surface area (Å²) in [6.45, 7) is 8.66. The lowest BCUT2D eigenvalue weighted by molar-refractivity contribution is 0.0938. The number of carbonyl (C=O) groups excluding carboxylic acids is 2. The fourth-order valence-electron chi connectivity index (χ4n) is 3.23. The van der Waals surface area contributed by atoms with Crippen LogP contribution in [-0.4, -0.2) is 11.9 Å². The standard InChI is InChI=1S/C26H29N3O3/c1-17(2)23-13-8-19(4)15-24(23)32-16-20-9-11-21(12-10-20)25(30)28-29-26(31)27-22-7-5-6-18(3)14-22/h5-15,17H,16H2,1-4H3,(H,28,30)(H2,27,29,31). The Kier molecular flexibility index (Phi) is 7.49. The molecule has 0 unspecified atom stereocenters. The maximum Gasteiger partial charge on any atom is 0.337 e. The normalized spacial score (nSPS) is 10.5. The highest BCUT2D eigenvalue weighted by molar-refractivity contribution is 5.97. The minimum atomic E-state index is -0.520. The van der Waals surface area contributed by atoms with Crippen molar-refractivity contribution in [3.63, 3.8) is 0 Å². The molecule has 3 rings (SSSR count). The Balaban J connectivity index is 1.52. The van der Waals surface area contributed by atoms with E-state index in [1.54, 1.807) is 18.2 Å². The predicted octanol–water partition coefficient (Wildman–Crippen LogP) is 5.47. The van der Waals surface area contributed by atoms with E-state index >= 15 is 0 Å². The van der Waals surface area contributed by atoms with Crippen molar-refractivity contribution in [3.05, 3.63) is 94.5 Å². The van der Waals surface area contributed by atoms with Gasteiger partial charge < -0.3 is 10.1 Å².